The van der Waals surface area contributed by atoms with E-state index in [4.69, 9.17) is 4.74 Å². The van der Waals surface area contributed by atoms with Crippen molar-refractivity contribution in [2.24, 2.45) is 0 Å². The SMILES string of the molecule is C=CCOc1ccc(CN(C)CC(=O)N2c3ccccc3NC(=O)C[C@H]2C)cc1. The summed E-state index contributed by atoms with van der Waals surface area (Å²) in [5, 5.41) is 2.89. The quantitative estimate of drug-likeness (QED) is 0.732. The third-order valence-electron chi connectivity index (χ3n) is 4.78. The lowest BCUT2D eigenvalue weighted by Crippen LogP contribution is -2.44. The summed E-state index contributed by atoms with van der Waals surface area (Å²) >= 11 is 0. The summed E-state index contributed by atoms with van der Waals surface area (Å²) in [7, 11) is 1.91. The van der Waals surface area contributed by atoms with Gasteiger partial charge in [-0.25, -0.2) is 0 Å². The number of nitrogens with one attached hydrogen (secondary N) is 1. The molecule has 1 N–H and O–H groups in total. The van der Waals surface area contributed by atoms with Crippen molar-refractivity contribution in [1.29, 1.82) is 0 Å². The molecule has 2 aromatic carbocycles. The lowest BCUT2D eigenvalue weighted by Gasteiger charge is -2.29. The molecule has 0 radical (unpaired) electrons. The minimum absolute atomic E-state index is 0.0325. The normalized spacial score (nSPS) is 16.0. The Labute approximate surface area is 171 Å². The molecule has 0 aromatic heterocycles. The first-order valence-corrected chi connectivity index (χ1v) is 9.70. The van der Waals surface area contributed by atoms with Crippen LogP contribution in [-0.4, -0.2) is 43.0 Å². The molecule has 0 saturated heterocycles. The zero-order valence-corrected chi connectivity index (χ0v) is 16.9. The highest BCUT2D eigenvalue weighted by Crippen LogP contribution is 2.31. The van der Waals surface area contributed by atoms with E-state index in [-0.39, 0.29) is 30.8 Å². The van der Waals surface area contributed by atoms with Gasteiger partial charge < -0.3 is 15.0 Å². The maximum absolute atomic E-state index is 13.1. The van der Waals surface area contributed by atoms with Gasteiger partial charge in [0.2, 0.25) is 11.8 Å². The predicted molar refractivity (Wildman–Crippen MR) is 115 cm³/mol. The summed E-state index contributed by atoms with van der Waals surface area (Å²) in [6.45, 7) is 6.90. The first-order valence-electron chi connectivity index (χ1n) is 9.70. The lowest BCUT2D eigenvalue weighted by molar-refractivity contribution is -0.120. The van der Waals surface area contributed by atoms with E-state index in [1.807, 2.05) is 67.4 Å². The Kier molecular flexibility index (Phi) is 6.67. The Morgan fingerprint density at radius 2 is 2.00 bits per heavy atom. The van der Waals surface area contributed by atoms with Gasteiger partial charge in [-0.3, -0.25) is 14.5 Å². The molecule has 29 heavy (non-hydrogen) atoms. The number of likely N-dealkylation sites (N-methyl/N-ethyl adjacent to an activating group) is 1. The van der Waals surface area contributed by atoms with Gasteiger partial charge in [-0.15, -0.1) is 0 Å². The van der Waals surface area contributed by atoms with Crippen molar-refractivity contribution in [3.8, 4) is 5.75 Å². The molecule has 3 rings (SSSR count). The molecule has 1 aliphatic heterocycles. The lowest BCUT2D eigenvalue weighted by atomic mass is 10.1. The second kappa shape index (κ2) is 9.39. The Morgan fingerprint density at radius 1 is 1.28 bits per heavy atom. The highest BCUT2D eigenvalue weighted by molar-refractivity contribution is 6.04. The number of para-hydroxylation sites is 2. The fourth-order valence-electron chi connectivity index (χ4n) is 3.49. The molecule has 0 fully saturated rings. The van der Waals surface area contributed by atoms with Gasteiger partial charge in [0.15, 0.2) is 0 Å². The fraction of sp³-hybridized carbons (Fsp3) is 0.304. The number of hydrogen-bond donors (Lipinski definition) is 1. The number of carbonyl (C=O) groups excluding carboxylic acids is 2. The van der Waals surface area contributed by atoms with E-state index in [9.17, 15) is 9.59 Å². The van der Waals surface area contributed by atoms with Crippen LogP contribution in [0.1, 0.15) is 18.9 Å². The van der Waals surface area contributed by atoms with Gasteiger partial charge in [0.05, 0.1) is 17.9 Å². The third-order valence-corrected chi connectivity index (χ3v) is 4.78. The Hall–Kier alpha value is -3.12. The van der Waals surface area contributed by atoms with Crippen LogP contribution in [0, 0.1) is 0 Å². The molecule has 6 nitrogen and oxygen atoms in total. The van der Waals surface area contributed by atoms with E-state index < -0.39 is 0 Å². The van der Waals surface area contributed by atoms with Crippen LogP contribution in [0.2, 0.25) is 0 Å². The molecule has 0 bridgehead atoms. The number of benzene rings is 2. The van der Waals surface area contributed by atoms with Crippen molar-refractivity contribution in [1.82, 2.24) is 4.90 Å². The van der Waals surface area contributed by atoms with Crippen molar-refractivity contribution in [2.75, 3.05) is 30.4 Å². The van der Waals surface area contributed by atoms with E-state index in [1.54, 1.807) is 11.0 Å². The smallest absolute Gasteiger partial charge is 0.241 e. The van der Waals surface area contributed by atoms with E-state index in [0.717, 1.165) is 17.0 Å². The monoisotopic (exact) mass is 393 g/mol. The van der Waals surface area contributed by atoms with Crippen LogP contribution in [0.15, 0.2) is 61.2 Å². The van der Waals surface area contributed by atoms with Gasteiger partial charge in [-0.1, -0.05) is 36.9 Å². The minimum atomic E-state index is -0.208. The number of rotatable bonds is 7. The molecule has 6 heteroatoms. The Bertz CT molecular complexity index is 879. The molecule has 1 heterocycles. The zero-order chi connectivity index (χ0) is 20.8. The molecule has 0 unspecified atom stereocenters. The topological polar surface area (TPSA) is 61.9 Å². The third kappa shape index (κ3) is 5.23. The van der Waals surface area contributed by atoms with E-state index in [2.05, 4.69) is 11.9 Å². The summed E-state index contributed by atoms with van der Waals surface area (Å²) in [4.78, 5) is 28.9. The first kappa shape index (κ1) is 20.6. The van der Waals surface area contributed by atoms with E-state index in [0.29, 0.717) is 18.8 Å². The average molecular weight is 393 g/mol. The number of anilines is 2. The van der Waals surface area contributed by atoms with Crippen molar-refractivity contribution in [3.05, 3.63) is 66.7 Å². The van der Waals surface area contributed by atoms with Gasteiger partial charge >= 0.3 is 0 Å². The number of hydrogen-bond acceptors (Lipinski definition) is 4. The molecule has 2 aromatic rings. The van der Waals surface area contributed by atoms with Gasteiger partial charge in [0.25, 0.3) is 0 Å². The van der Waals surface area contributed by atoms with Gasteiger partial charge in [0, 0.05) is 19.0 Å². The maximum atomic E-state index is 13.1. The fourth-order valence-corrected chi connectivity index (χ4v) is 3.49. The van der Waals surface area contributed by atoms with Crippen LogP contribution in [0.5, 0.6) is 5.75 Å². The van der Waals surface area contributed by atoms with Crippen molar-refractivity contribution in [3.63, 3.8) is 0 Å². The average Bonchev–Trinajstić information content (AvgIpc) is 2.81. The summed E-state index contributed by atoms with van der Waals surface area (Å²) in [5.74, 6) is 0.682. The molecule has 0 spiro atoms. The summed E-state index contributed by atoms with van der Waals surface area (Å²) in [6.07, 6.45) is 1.98. The summed E-state index contributed by atoms with van der Waals surface area (Å²) in [6, 6.07) is 15.0. The van der Waals surface area contributed by atoms with Crippen LogP contribution in [-0.2, 0) is 16.1 Å². The number of amides is 2. The van der Waals surface area contributed by atoms with Crippen LogP contribution < -0.4 is 15.0 Å². The Morgan fingerprint density at radius 3 is 2.72 bits per heavy atom. The highest BCUT2D eigenvalue weighted by atomic mass is 16.5. The van der Waals surface area contributed by atoms with Crippen LogP contribution >= 0.6 is 0 Å². The minimum Gasteiger partial charge on any atom is -0.490 e. The molecule has 1 atom stereocenters. The summed E-state index contributed by atoms with van der Waals surface area (Å²) in [5.41, 5.74) is 2.51. The molecule has 152 valence electrons. The zero-order valence-electron chi connectivity index (χ0n) is 16.9. The number of ether oxygens (including phenoxy) is 1. The number of fused-ring (bicyclic) bond motifs is 1. The molecule has 2 amide bonds. The largest absolute Gasteiger partial charge is 0.490 e. The first-order chi connectivity index (χ1) is 14.0. The Balaban J connectivity index is 1.67. The molecule has 1 aliphatic rings. The van der Waals surface area contributed by atoms with E-state index in [1.165, 1.54) is 0 Å². The van der Waals surface area contributed by atoms with Gasteiger partial charge in [-0.2, -0.15) is 0 Å². The number of carbonyl (C=O) groups is 2. The number of nitrogens with zero attached hydrogens (tertiary/aromatic N) is 2. The van der Waals surface area contributed by atoms with Crippen LogP contribution in [0.3, 0.4) is 0 Å². The van der Waals surface area contributed by atoms with Crippen LogP contribution in [0.25, 0.3) is 0 Å². The second-order valence-electron chi connectivity index (χ2n) is 7.30. The van der Waals surface area contributed by atoms with Gasteiger partial charge in [0.1, 0.15) is 12.4 Å². The maximum Gasteiger partial charge on any atom is 0.241 e. The standard InChI is InChI=1S/C23H27N3O3/c1-4-13-29-19-11-9-18(10-12-19)15-25(3)16-23(28)26-17(2)14-22(27)24-20-7-5-6-8-21(20)26/h4-12,17H,1,13-16H2,2-3H3,(H,24,27)/t17-/m1/s1. The van der Waals surface area contributed by atoms with Gasteiger partial charge in [-0.05, 0) is 43.8 Å². The van der Waals surface area contributed by atoms with E-state index >= 15 is 0 Å². The predicted octanol–water partition coefficient (Wildman–Crippen LogP) is 3.45. The van der Waals surface area contributed by atoms with Crippen molar-refractivity contribution >= 4 is 23.2 Å². The highest BCUT2D eigenvalue weighted by Gasteiger charge is 2.29. The van der Waals surface area contributed by atoms with Crippen molar-refractivity contribution in [2.45, 2.75) is 25.9 Å². The second-order valence-corrected chi connectivity index (χ2v) is 7.30. The van der Waals surface area contributed by atoms with Crippen LogP contribution in [0.4, 0.5) is 11.4 Å². The molecule has 0 saturated carbocycles. The summed E-state index contributed by atoms with van der Waals surface area (Å²) < 4.78 is 5.50. The molecular formula is C23H27N3O3. The van der Waals surface area contributed by atoms with Crippen molar-refractivity contribution < 1.29 is 14.3 Å². The molecule has 0 aliphatic carbocycles. The molecular weight excluding hydrogens is 366 g/mol.